The number of hydrogen-bond acceptors (Lipinski definition) is 3. The first-order valence-electron chi connectivity index (χ1n) is 6.31. The lowest BCUT2D eigenvalue weighted by atomic mass is 10.2. The molecule has 0 saturated heterocycles. The highest BCUT2D eigenvalue weighted by Crippen LogP contribution is 2.31. The van der Waals surface area contributed by atoms with E-state index in [0.29, 0.717) is 0 Å². The molecule has 2 nitrogen and oxygen atoms in total. The maximum atomic E-state index is 5.70. The van der Waals surface area contributed by atoms with Crippen molar-refractivity contribution >= 4 is 27.3 Å². The summed E-state index contributed by atoms with van der Waals surface area (Å²) in [6, 6.07) is 8.56. The van der Waals surface area contributed by atoms with Crippen LogP contribution >= 0.6 is 27.3 Å². The van der Waals surface area contributed by atoms with E-state index in [1.165, 1.54) is 9.75 Å². The van der Waals surface area contributed by atoms with Crippen LogP contribution in [0, 0.1) is 0 Å². The third-order valence-corrected chi connectivity index (χ3v) is 4.51. The summed E-state index contributed by atoms with van der Waals surface area (Å²) in [4.78, 5) is 2.74. The quantitative estimate of drug-likeness (QED) is 0.827. The van der Waals surface area contributed by atoms with Crippen LogP contribution in [0.4, 0.5) is 0 Å². The molecule has 0 bridgehead atoms. The molecule has 2 rings (SSSR count). The third-order valence-electron chi connectivity index (χ3n) is 2.79. The predicted octanol–water partition coefficient (Wildman–Crippen LogP) is 4.76. The summed E-state index contributed by atoms with van der Waals surface area (Å²) in [5.74, 6) is 0.972. The first kappa shape index (κ1) is 13.8. The molecule has 0 radical (unpaired) electrons. The molecule has 0 aromatic carbocycles. The van der Waals surface area contributed by atoms with Crippen molar-refractivity contribution in [2.24, 2.45) is 0 Å². The highest BCUT2D eigenvalue weighted by atomic mass is 79.9. The Morgan fingerprint density at radius 2 is 2.11 bits per heavy atom. The Kier molecular flexibility index (Phi) is 5.03. The number of nitrogens with one attached hydrogen (secondary N) is 1. The van der Waals surface area contributed by atoms with E-state index in [2.05, 4.69) is 47.2 Å². The summed E-state index contributed by atoms with van der Waals surface area (Å²) in [6.07, 6.45) is 2.21. The van der Waals surface area contributed by atoms with Crippen LogP contribution in [-0.4, -0.2) is 6.54 Å². The van der Waals surface area contributed by atoms with Crippen LogP contribution in [0.3, 0.4) is 0 Å². The fourth-order valence-corrected chi connectivity index (χ4v) is 3.21. The van der Waals surface area contributed by atoms with Crippen LogP contribution in [0.15, 0.2) is 33.4 Å². The van der Waals surface area contributed by atoms with E-state index in [-0.39, 0.29) is 6.04 Å². The molecule has 18 heavy (non-hydrogen) atoms. The number of halogens is 1. The molecule has 98 valence electrons. The second-order valence-electron chi connectivity index (χ2n) is 4.19. The lowest BCUT2D eigenvalue weighted by Crippen LogP contribution is -2.21. The Balaban J connectivity index is 2.24. The van der Waals surface area contributed by atoms with Crippen LogP contribution < -0.4 is 5.32 Å². The molecule has 0 saturated carbocycles. The fourth-order valence-electron chi connectivity index (χ4n) is 1.85. The lowest BCUT2D eigenvalue weighted by Gasteiger charge is -2.14. The molecule has 0 aliphatic rings. The van der Waals surface area contributed by atoms with E-state index in [4.69, 9.17) is 4.42 Å². The lowest BCUT2D eigenvalue weighted by molar-refractivity contribution is 0.436. The van der Waals surface area contributed by atoms with Gasteiger partial charge in [0, 0.05) is 9.75 Å². The summed E-state index contributed by atoms with van der Waals surface area (Å²) in [5, 5.41) is 3.55. The van der Waals surface area contributed by atoms with Gasteiger partial charge >= 0.3 is 0 Å². The normalized spacial score (nSPS) is 12.8. The largest absolute Gasteiger partial charge is 0.452 e. The van der Waals surface area contributed by atoms with Crippen molar-refractivity contribution in [3.05, 3.63) is 44.4 Å². The second kappa shape index (κ2) is 6.55. The molecule has 0 spiro atoms. The average Bonchev–Trinajstić information content (AvgIpc) is 2.99. The standard InChI is InChI=1S/C14H18BrNOS/c1-3-9-16-14(11-6-8-13(15)17-11)12-7-5-10(4-2)18-12/h5-8,14,16H,3-4,9H2,1-2H3. The summed E-state index contributed by atoms with van der Waals surface area (Å²) in [6.45, 7) is 5.35. The number of aryl methyl sites for hydroxylation is 1. The van der Waals surface area contributed by atoms with E-state index >= 15 is 0 Å². The van der Waals surface area contributed by atoms with Gasteiger partial charge in [0.15, 0.2) is 4.67 Å². The Morgan fingerprint density at radius 1 is 1.28 bits per heavy atom. The molecule has 2 aromatic heterocycles. The third kappa shape index (κ3) is 3.25. The zero-order chi connectivity index (χ0) is 13.0. The Hall–Kier alpha value is -0.580. The molecule has 0 fully saturated rings. The van der Waals surface area contributed by atoms with Crippen molar-refractivity contribution in [3.63, 3.8) is 0 Å². The first-order chi connectivity index (χ1) is 8.74. The molecule has 2 aromatic rings. The Labute approximate surface area is 121 Å². The van der Waals surface area contributed by atoms with Crippen molar-refractivity contribution in [2.75, 3.05) is 6.54 Å². The number of furan rings is 1. The summed E-state index contributed by atoms with van der Waals surface area (Å²) >= 11 is 5.23. The molecule has 0 aliphatic carbocycles. The zero-order valence-corrected chi connectivity index (χ0v) is 13.1. The molecule has 1 N–H and O–H groups in total. The molecule has 1 atom stereocenters. The van der Waals surface area contributed by atoms with E-state index in [1.807, 2.05) is 23.5 Å². The summed E-state index contributed by atoms with van der Waals surface area (Å²) < 4.78 is 6.49. The molecular weight excluding hydrogens is 310 g/mol. The van der Waals surface area contributed by atoms with Crippen molar-refractivity contribution in [3.8, 4) is 0 Å². The Morgan fingerprint density at radius 3 is 2.67 bits per heavy atom. The van der Waals surface area contributed by atoms with Gasteiger partial charge in [-0.05, 0) is 59.6 Å². The van der Waals surface area contributed by atoms with E-state index in [9.17, 15) is 0 Å². The van der Waals surface area contributed by atoms with Crippen LogP contribution in [0.25, 0.3) is 0 Å². The zero-order valence-electron chi connectivity index (χ0n) is 10.7. The minimum atomic E-state index is 0.168. The van der Waals surface area contributed by atoms with E-state index in [0.717, 1.165) is 29.8 Å². The molecule has 0 aliphatic heterocycles. The minimum absolute atomic E-state index is 0.168. The van der Waals surface area contributed by atoms with Gasteiger partial charge in [0.2, 0.25) is 0 Å². The fraction of sp³-hybridized carbons (Fsp3) is 0.429. The molecule has 4 heteroatoms. The monoisotopic (exact) mass is 327 g/mol. The van der Waals surface area contributed by atoms with Gasteiger partial charge < -0.3 is 9.73 Å². The van der Waals surface area contributed by atoms with E-state index < -0.39 is 0 Å². The van der Waals surface area contributed by atoms with Crippen molar-refractivity contribution in [1.82, 2.24) is 5.32 Å². The summed E-state index contributed by atoms with van der Waals surface area (Å²) in [7, 11) is 0. The van der Waals surface area contributed by atoms with Crippen molar-refractivity contribution in [2.45, 2.75) is 32.7 Å². The van der Waals surface area contributed by atoms with Gasteiger partial charge in [-0.3, -0.25) is 0 Å². The van der Waals surface area contributed by atoms with Gasteiger partial charge in [-0.2, -0.15) is 0 Å². The van der Waals surface area contributed by atoms with Crippen molar-refractivity contribution < 1.29 is 4.42 Å². The van der Waals surface area contributed by atoms with Gasteiger partial charge in [0.25, 0.3) is 0 Å². The van der Waals surface area contributed by atoms with Gasteiger partial charge in [-0.15, -0.1) is 11.3 Å². The van der Waals surface area contributed by atoms with Crippen LogP contribution in [0.1, 0.15) is 41.8 Å². The highest BCUT2D eigenvalue weighted by Gasteiger charge is 2.18. The van der Waals surface area contributed by atoms with E-state index in [1.54, 1.807) is 0 Å². The topological polar surface area (TPSA) is 25.2 Å². The Bertz CT molecular complexity index is 491. The predicted molar refractivity (Wildman–Crippen MR) is 80.2 cm³/mol. The molecule has 1 unspecified atom stereocenters. The SMILES string of the molecule is CCCNC(c1ccc(Br)o1)c1ccc(CC)s1. The first-order valence-corrected chi connectivity index (χ1v) is 7.92. The van der Waals surface area contributed by atoms with Crippen LogP contribution in [0.5, 0.6) is 0 Å². The number of thiophene rings is 1. The second-order valence-corrected chi connectivity index (χ2v) is 6.17. The van der Waals surface area contributed by atoms with Gasteiger partial charge in [-0.1, -0.05) is 13.8 Å². The molecule has 0 amide bonds. The number of hydrogen-bond donors (Lipinski definition) is 1. The van der Waals surface area contributed by atoms with Gasteiger partial charge in [-0.25, -0.2) is 0 Å². The maximum absolute atomic E-state index is 5.70. The number of rotatable bonds is 6. The van der Waals surface area contributed by atoms with Gasteiger partial charge in [0.1, 0.15) is 11.8 Å². The summed E-state index contributed by atoms with van der Waals surface area (Å²) in [5.41, 5.74) is 0. The van der Waals surface area contributed by atoms with Crippen LogP contribution in [0.2, 0.25) is 0 Å². The van der Waals surface area contributed by atoms with Crippen LogP contribution in [-0.2, 0) is 6.42 Å². The molecule has 2 heterocycles. The van der Waals surface area contributed by atoms with Crippen molar-refractivity contribution in [1.29, 1.82) is 0 Å². The highest BCUT2D eigenvalue weighted by molar-refractivity contribution is 9.10. The van der Waals surface area contributed by atoms with Gasteiger partial charge in [0.05, 0.1) is 0 Å². The minimum Gasteiger partial charge on any atom is -0.452 e. The molecular formula is C14H18BrNOS. The smallest absolute Gasteiger partial charge is 0.169 e. The average molecular weight is 328 g/mol. The maximum Gasteiger partial charge on any atom is 0.169 e.